The van der Waals surface area contributed by atoms with Crippen molar-refractivity contribution in [3.05, 3.63) is 17.2 Å². The Labute approximate surface area is 196 Å². The van der Waals surface area contributed by atoms with Crippen molar-refractivity contribution in [1.29, 1.82) is 0 Å². The number of β-amino-alcohol motifs (C(OH)–C–C–N with tert-alkyl or cyclic N) is 1. The molecule has 2 N–H and O–H groups in total. The van der Waals surface area contributed by atoms with Crippen molar-refractivity contribution < 1.29 is 24.1 Å². The number of hydrogen-bond acceptors (Lipinski definition) is 9. The van der Waals surface area contributed by atoms with Crippen LogP contribution in [0.15, 0.2) is 6.20 Å². The van der Waals surface area contributed by atoms with E-state index in [1.807, 2.05) is 4.90 Å². The number of halogens is 2. The second-order valence-corrected chi connectivity index (χ2v) is 9.97. The van der Waals surface area contributed by atoms with E-state index in [2.05, 4.69) is 19.9 Å². The summed E-state index contributed by atoms with van der Waals surface area (Å²) < 4.78 is 26.6. The molecule has 33 heavy (non-hydrogen) atoms. The standard InChI is InChI=1S/C22H29ClFN5O4/c1-21(31)11-28(7-8-32-12-21)19-15-9-25-18(23)16(24)17(15)26-20(27-19)33-13-22-4-2-6-29(22)14(10-30)3-5-22/h9,14,30-31H,2-8,10-13H2,1H3/t14-,21?,22-/m0/s1. The zero-order valence-electron chi connectivity index (χ0n) is 18.6. The maximum Gasteiger partial charge on any atom is 0.319 e. The Morgan fingerprint density at radius 2 is 2.18 bits per heavy atom. The van der Waals surface area contributed by atoms with Gasteiger partial charge in [0.1, 0.15) is 23.5 Å². The number of fused-ring (bicyclic) bond motifs is 2. The van der Waals surface area contributed by atoms with Crippen LogP contribution in [0.1, 0.15) is 32.6 Å². The third-order valence-corrected chi connectivity index (χ3v) is 7.33. The monoisotopic (exact) mass is 481 g/mol. The van der Waals surface area contributed by atoms with E-state index in [0.717, 1.165) is 32.2 Å². The van der Waals surface area contributed by atoms with E-state index < -0.39 is 11.4 Å². The van der Waals surface area contributed by atoms with Crippen molar-refractivity contribution in [3.8, 4) is 6.01 Å². The van der Waals surface area contributed by atoms with Crippen LogP contribution in [-0.4, -0.2) is 93.3 Å². The minimum absolute atomic E-state index is 0.0280. The molecule has 0 spiro atoms. The van der Waals surface area contributed by atoms with Gasteiger partial charge >= 0.3 is 6.01 Å². The average Bonchev–Trinajstić information content (AvgIpc) is 3.29. The molecule has 3 atom stereocenters. The van der Waals surface area contributed by atoms with E-state index in [1.165, 1.54) is 6.20 Å². The number of pyridine rings is 1. The highest BCUT2D eigenvalue weighted by Crippen LogP contribution is 2.42. The first-order chi connectivity index (χ1) is 15.8. The van der Waals surface area contributed by atoms with E-state index in [-0.39, 0.29) is 48.0 Å². The predicted molar refractivity (Wildman–Crippen MR) is 120 cm³/mol. The molecule has 0 amide bonds. The Kier molecular flexibility index (Phi) is 6.07. The second-order valence-electron chi connectivity index (χ2n) is 9.61. The van der Waals surface area contributed by atoms with Crippen LogP contribution in [0.3, 0.4) is 0 Å². The highest BCUT2D eigenvalue weighted by molar-refractivity contribution is 6.30. The minimum Gasteiger partial charge on any atom is -0.461 e. The molecule has 0 aromatic carbocycles. The number of anilines is 1. The second kappa shape index (κ2) is 8.74. The lowest BCUT2D eigenvalue weighted by atomic mass is 9.95. The number of aromatic nitrogens is 3. The van der Waals surface area contributed by atoms with E-state index in [9.17, 15) is 14.6 Å². The minimum atomic E-state index is -1.10. The first-order valence-corrected chi connectivity index (χ1v) is 11.8. The van der Waals surface area contributed by atoms with Crippen molar-refractivity contribution in [2.75, 3.05) is 51.0 Å². The quantitative estimate of drug-likeness (QED) is 0.618. The number of aliphatic hydroxyl groups is 2. The van der Waals surface area contributed by atoms with Crippen LogP contribution in [0.5, 0.6) is 6.01 Å². The smallest absolute Gasteiger partial charge is 0.319 e. The highest BCUT2D eigenvalue weighted by Gasteiger charge is 2.49. The van der Waals surface area contributed by atoms with Gasteiger partial charge in [-0.05, 0) is 39.2 Å². The number of ether oxygens (including phenoxy) is 2. The van der Waals surface area contributed by atoms with Gasteiger partial charge in [0.05, 0.1) is 37.3 Å². The van der Waals surface area contributed by atoms with Crippen molar-refractivity contribution in [2.24, 2.45) is 0 Å². The summed E-state index contributed by atoms with van der Waals surface area (Å²) in [5, 5.41) is 20.5. The molecule has 3 aliphatic rings. The predicted octanol–water partition coefficient (Wildman–Crippen LogP) is 1.77. The Morgan fingerprint density at radius 3 is 3.00 bits per heavy atom. The summed E-state index contributed by atoms with van der Waals surface area (Å²) in [6.07, 6.45) is 5.31. The molecule has 0 radical (unpaired) electrons. The molecule has 3 saturated heterocycles. The van der Waals surface area contributed by atoms with Gasteiger partial charge in [0.25, 0.3) is 0 Å². The third kappa shape index (κ3) is 4.23. The molecule has 2 aromatic heterocycles. The first kappa shape index (κ1) is 22.9. The van der Waals surface area contributed by atoms with Gasteiger partial charge in [-0.1, -0.05) is 11.6 Å². The zero-order chi connectivity index (χ0) is 23.2. The fourth-order valence-electron chi connectivity index (χ4n) is 5.49. The number of hydrogen-bond donors (Lipinski definition) is 2. The van der Waals surface area contributed by atoms with E-state index in [1.54, 1.807) is 6.92 Å². The molecule has 1 unspecified atom stereocenters. The van der Waals surface area contributed by atoms with Gasteiger partial charge in [0.15, 0.2) is 11.0 Å². The Bertz CT molecular complexity index is 1040. The summed E-state index contributed by atoms with van der Waals surface area (Å²) in [4.78, 5) is 17.1. The summed E-state index contributed by atoms with van der Waals surface area (Å²) >= 11 is 5.94. The van der Waals surface area contributed by atoms with Crippen LogP contribution in [0.4, 0.5) is 10.2 Å². The Morgan fingerprint density at radius 1 is 1.33 bits per heavy atom. The molecule has 11 heteroatoms. The largest absolute Gasteiger partial charge is 0.461 e. The topological polar surface area (TPSA) is 104 Å². The van der Waals surface area contributed by atoms with Crippen LogP contribution < -0.4 is 9.64 Å². The lowest BCUT2D eigenvalue weighted by molar-refractivity contribution is -0.0123. The molecule has 0 bridgehead atoms. The fraction of sp³-hybridized carbons (Fsp3) is 0.682. The van der Waals surface area contributed by atoms with E-state index in [0.29, 0.717) is 31.0 Å². The van der Waals surface area contributed by atoms with Gasteiger partial charge < -0.3 is 24.6 Å². The molecule has 2 aromatic rings. The van der Waals surface area contributed by atoms with Gasteiger partial charge in [0.2, 0.25) is 0 Å². The number of nitrogens with zero attached hydrogens (tertiary/aromatic N) is 5. The molecule has 3 fully saturated rings. The third-order valence-electron chi connectivity index (χ3n) is 7.07. The van der Waals surface area contributed by atoms with Gasteiger partial charge in [-0.15, -0.1) is 0 Å². The Hall–Kier alpha value is -1.85. The van der Waals surface area contributed by atoms with Gasteiger partial charge in [-0.3, -0.25) is 4.90 Å². The molecule has 3 aliphatic heterocycles. The number of rotatable bonds is 5. The maximum absolute atomic E-state index is 14.9. The van der Waals surface area contributed by atoms with Crippen LogP contribution in [0, 0.1) is 5.82 Å². The van der Waals surface area contributed by atoms with Crippen molar-refractivity contribution in [3.63, 3.8) is 0 Å². The molecular weight excluding hydrogens is 453 g/mol. The van der Waals surface area contributed by atoms with E-state index in [4.69, 9.17) is 21.1 Å². The van der Waals surface area contributed by atoms with Crippen LogP contribution in [0.25, 0.3) is 10.9 Å². The van der Waals surface area contributed by atoms with Gasteiger partial charge in [-0.25, -0.2) is 9.37 Å². The highest BCUT2D eigenvalue weighted by atomic mass is 35.5. The maximum atomic E-state index is 14.9. The van der Waals surface area contributed by atoms with Crippen molar-refractivity contribution >= 4 is 28.3 Å². The molecular formula is C22H29ClFN5O4. The van der Waals surface area contributed by atoms with Gasteiger partial charge in [0, 0.05) is 18.8 Å². The van der Waals surface area contributed by atoms with Crippen molar-refractivity contribution in [1.82, 2.24) is 19.9 Å². The van der Waals surface area contributed by atoms with E-state index >= 15 is 0 Å². The molecule has 0 saturated carbocycles. The fourth-order valence-corrected chi connectivity index (χ4v) is 5.63. The van der Waals surface area contributed by atoms with Crippen molar-refractivity contribution in [2.45, 2.75) is 49.8 Å². The normalized spacial score (nSPS) is 30.6. The molecule has 5 rings (SSSR count). The SMILES string of the molecule is CC1(O)COCCN(c2nc(OC[C@@]34CCCN3[C@H](CO)CC4)nc3c(F)c(Cl)ncc23)C1. The molecule has 0 aliphatic carbocycles. The first-order valence-electron chi connectivity index (χ1n) is 11.4. The van der Waals surface area contributed by atoms with Crippen LogP contribution in [0.2, 0.25) is 5.15 Å². The summed E-state index contributed by atoms with van der Waals surface area (Å²) in [5.41, 5.74) is -1.24. The summed E-state index contributed by atoms with van der Waals surface area (Å²) in [7, 11) is 0. The van der Waals surface area contributed by atoms with Crippen LogP contribution >= 0.6 is 11.6 Å². The molecule has 9 nitrogen and oxygen atoms in total. The summed E-state index contributed by atoms with van der Waals surface area (Å²) in [6, 6.07) is 0.197. The lowest BCUT2D eigenvalue weighted by Gasteiger charge is -2.34. The average molecular weight is 482 g/mol. The zero-order valence-corrected chi connectivity index (χ0v) is 19.4. The molecule has 180 valence electrons. The van der Waals surface area contributed by atoms with Crippen LogP contribution in [-0.2, 0) is 4.74 Å². The Balaban J connectivity index is 1.50. The number of aliphatic hydroxyl groups excluding tert-OH is 1. The summed E-state index contributed by atoms with van der Waals surface area (Å²) in [6.45, 7) is 4.40. The lowest BCUT2D eigenvalue weighted by Crippen LogP contribution is -2.47. The summed E-state index contributed by atoms with van der Waals surface area (Å²) in [5.74, 6) is -0.313. The van der Waals surface area contributed by atoms with Gasteiger partial charge in [-0.2, -0.15) is 9.97 Å². The molecule has 5 heterocycles.